The van der Waals surface area contributed by atoms with E-state index in [9.17, 15) is 8.42 Å². The average Bonchev–Trinajstić information content (AvgIpc) is 3.61. The highest BCUT2D eigenvalue weighted by Crippen LogP contribution is 2.43. The molecule has 168 valence electrons. The third-order valence-electron chi connectivity index (χ3n) is 5.00. The number of methoxy groups -OCH3 is 1. The number of hydrogen-bond donors (Lipinski definition) is 1. The molecule has 1 fully saturated rings. The summed E-state index contributed by atoms with van der Waals surface area (Å²) in [6, 6.07) is 10.1. The molecule has 1 aliphatic rings. The number of ether oxygens (including phenoxy) is 2. The lowest BCUT2D eigenvalue weighted by molar-refractivity contribution is 0.378. The summed E-state index contributed by atoms with van der Waals surface area (Å²) in [5.41, 5.74) is 0.935. The maximum absolute atomic E-state index is 13.1. The van der Waals surface area contributed by atoms with Crippen molar-refractivity contribution in [1.29, 1.82) is 0 Å². The molecule has 1 saturated carbocycles. The van der Waals surface area contributed by atoms with Crippen molar-refractivity contribution in [2.45, 2.75) is 43.6 Å². The quantitative estimate of drug-likeness (QED) is 0.451. The van der Waals surface area contributed by atoms with Crippen LogP contribution in [0.15, 0.2) is 47.6 Å². The summed E-state index contributed by atoms with van der Waals surface area (Å²) in [5, 5.41) is -0.124. The molecule has 0 aliphatic heterocycles. The van der Waals surface area contributed by atoms with Gasteiger partial charge in [-0.15, -0.1) is 0 Å². The van der Waals surface area contributed by atoms with E-state index in [4.69, 9.17) is 21.1 Å². The molecule has 4 rings (SSSR count). The Labute approximate surface area is 192 Å². The van der Waals surface area contributed by atoms with Crippen molar-refractivity contribution in [3.63, 3.8) is 0 Å². The number of halogens is 1. The van der Waals surface area contributed by atoms with Gasteiger partial charge < -0.3 is 9.47 Å². The smallest absolute Gasteiger partial charge is 0.280 e. The lowest BCUT2D eigenvalue weighted by atomic mass is 10.1. The molecule has 1 N–H and O–H groups in total. The van der Waals surface area contributed by atoms with Gasteiger partial charge in [0.25, 0.3) is 10.0 Å². The van der Waals surface area contributed by atoms with E-state index >= 15 is 0 Å². The van der Waals surface area contributed by atoms with Gasteiger partial charge in [0.2, 0.25) is 5.75 Å². The minimum absolute atomic E-state index is 0.00798. The van der Waals surface area contributed by atoms with Crippen LogP contribution in [0.4, 0.5) is 5.82 Å². The zero-order chi connectivity index (χ0) is 22.9. The summed E-state index contributed by atoms with van der Waals surface area (Å²) < 4.78 is 39.8. The number of benzene rings is 1. The van der Waals surface area contributed by atoms with E-state index in [0.29, 0.717) is 17.3 Å². The molecule has 10 heteroatoms. The van der Waals surface area contributed by atoms with Crippen LogP contribution in [-0.2, 0) is 10.0 Å². The van der Waals surface area contributed by atoms with Gasteiger partial charge in [0.05, 0.1) is 7.11 Å². The zero-order valence-electron chi connectivity index (χ0n) is 17.9. The van der Waals surface area contributed by atoms with Crippen molar-refractivity contribution in [1.82, 2.24) is 15.0 Å². The van der Waals surface area contributed by atoms with Gasteiger partial charge in [0.15, 0.2) is 27.5 Å². The number of nitrogens with zero attached hydrogens (tertiary/aromatic N) is 3. The zero-order valence-corrected chi connectivity index (χ0v) is 19.4. The number of aromatic nitrogens is 3. The second-order valence-electron chi connectivity index (χ2n) is 7.77. The first kappa shape index (κ1) is 22.3. The maximum atomic E-state index is 13.1. The van der Waals surface area contributed by atoms with Gasteiger partial charge in [-0.25, -0.2) is 15.0 Å². The van der Waals surface area contributed by atoms with Crippen LogP contribution in [0.1, 0.15) is 49.9 Å². The molecular weight excluding hydrogens is 452 g/mol. The number of nitrogens with one attached hydrogen (secondary N) is 1. The molecule has 2 aromatic heterocycles. The Morgan fingerprint density at radius 2 is 1.81 bits per heavy atom. The lowest BCUT2D eigenvalue weighted by Gasteiger charge is -2.16. The topological polar surface area (TPSA) is 103 Å². The molecule has 8 nitrogen and oxygen atoms in total. The van der Waals surface area contributed by atoms with Crippen molar-refractivity contribution in [3.05, 3.63) is 59.1 Å². The van der Waals surface area contributed by atoms with Crippen LogP contribution in [0.5, 0.6) is 17.2 Å². The van der Waals surface area contributed by atoms with Crippen LogP contribution in [0.25, 0.3) is 0 Å². The molecule has 32 heavy (non-hydrogen) atoms. The lowest BCUT2D eigenvalue weighted by Crippen LogP contribution is -2.17. The fourth-order valence-corrected chi connectivity index (χ4v) is 4.16. The second kappa shape index (κ2) is 8.91. The molecule has 2 heterocycles. The molecule has 0 unspecified atom stereocenters. The largest absolute Gasteiger partial charge is 0.493 e. The molecule has 1 aliphatic carbocycles. The van der Waals surface area contributed by atoms with Crippen LogP contribution in [0.2, 0.25) is 5.15 Å². The summed E-state index contributed by atoms with van der Waals surface area (Å²) in [5.74, 6) is 1.60. The summed E-state index contributed by atoms with van der Waals surface area (Å²) in [6.45, 7) is 4.01. The first-order chi connectivity index (χ1) is 15.3. The van der Waals surface area contributed by atoms with E-state index in [0.717, 1.165) is 18.4 Å². The van der Waals surface area contributed by atoms with Crippen molar-refractivity contribution in [3.8, 4) is 17.2 Å². The van der Waals surface area contributed by atoms with E-state index in [1.165, 1.54) is 13.2 Å². The Hall–Kier alpha value is -2.91. The van der Waals surface area contributed by atoms with E-state index in [2.05, 4.69) is 19.7 Å². The molecule has 0 atom stereocenters. The van der Waals surface area contributed by atoms with Crippen LogP contribution in [0, 0.1) is 0 Å². The minimum atomic E-state index is -4.05. The number of hydrogen-bond acceptors (Lipinski definition) is 7. The van der Waals surface area contributed by atoms with Gasteiger partial charge in [-0.1, -0.05) is 43.6 Å². The molecule has 1 aromatic carbocycles. The Morgan fingerprint density at radius 3 is 2.41 bits per heavy atom. The summed E-state index contributed by atoms with van der Waals surface area (Å²) in [4.78, 5) is 12.9. The van der Waals surface area contributed by atoms with Crippen molar-refractivity contribution >= 4 is 27.4 Å². The SMILES string of the molecule is COc1ccccc1Oc1c(Cl)nc(C2CC2)nc1NS(=O)(=O)c1ccc(C(C)C)cn1. The number of para-hydroxylation sites is 2. The number of rotatable bonds is 8. The summed E-state index contributed by atoms with van der Waals surface area (Å²) >= 11 is 6.41. The Bertz CT molecular complexity index is 1230. The average molecular weight is 475 g/mol. The summed E-state index contributed by atoms with van der Waals surface area (Å²) in [7, 11) is -2.54. The van der Waals surface area contributed by atoms with Gasteiger partial charge in [0, 0.05) is 12.1 Å². The van der Waals surface area contributed by atoms with Crippen LogP contribution in [-0.4, -0.2) is 30.5 Å². The van der Waals surface area contributed by atoms with Crippen LogP contribution >= 0.6 is 11.6 Å². The third-order valence-corrected chi connectivity index (χ3v) is 6.51. The Balaban J connectivity index is 1.73. The van der Waals surface area contributed by atoms with Gasteiger partial charge in [0.1, 0.15) is 5.82 Å². The van der Waals surface area contributed by atoms with Crippen LogP contribution < -0.4 is 14.2 Å². The van der Waals surface area contributed by atoms with Gasteiger partial charge in [-0.2, -0.15) is 8.42 Å². The third kappa shape index (κ3) is 4.78. The van der Waals surface area contributed by atoms with Crippen molar-refractivity contribution < 1.29 is 17.9 Å². The predicted molar refractivity (Wildman–Crippen MR) is 121 cm³/mol. The fourth-order valence-electron chi connectivity index (χ4n) is 3.01. The monoisotopic (exact) mass is 474 g/mol. The molecule has 0 bridgehead atoms. The standard InChI is InChI=1S/C22H23ClN4O4S/c1-13(2)15-10-11-18(24-12-15)32(28,29)27-22-19(20(23)25-21(26-22)14-8-9-14)31-17-7-5-4-6-16(17)30-3/h4-7,10-14H,8-9H2,1-3H3,(H,25,26,27). The molecular formula is C22H23ClN4O4S. The highest BCUT2D eigenvalue weighted by atomic mass is 35.5. The highest BCUT2D eigenvalue weighted by molar-refractivity contribution is 7.92. The van der Waals surface area contributed by atoms with E-state index in [1.807, 2.05) is 13.8 Å². The van der Waals surface area contributed by atoms with Gasteiger partial charge in [-0.3, -0.25) is 4.72 Å². The van der Waals surface area contributed by atoms with Crippen molar-refractivity contribution in [2.75, 3.05) is 11.8 Å². The molecule has 0 radical (unpaired) electrons. The number of sulfonamides is 1. The van der Waals surface area contributed by atoms with E-state index in [1.54, 1.807) is 36.5 Å². The van der Waals surface area contributed by atoms with Gasteiger partial charge in [-0.05, 0) is 42.5 Å². The maximum Gasteiger partial charge on any atom is 0.280 e. The highest BCUT2D eigenvalue weighted by Gasteiger charge is 2.31. The molecule has 0 saturated heterocycles. The first-order valence-electron chi connectivity index (χ1n) is 10.2. The van der Waals surface area contributed by atoms with E-state index < -0.39 is 10.0 Å². The Kier molecular flexibility index (Phi) is 6.21. The predicted octanol–water partition coefficient (Wildman–Crippen LogP) is 5.13. The molecule has 0 spiro atoms. The fraction of sp³-hybridized carbons (Fsp3) is 0.318. The van der Waals surface area contributed by atoms with E-state index in [-0.39, 0.29) is 33.6 Å². The van der Waals surface area contributed by atoms with Crippen LogP contribution in [0.3, 0.4) is 0 Å². The first-order valence-corrected chi connectivity index (χ1v) is 12.0. The number of pyridine rings is 1. The molecule has 3 aromatic rings. The van der Waals surface area contributed by atoms with Crippen molar-refractivity contribution in [2.24, 2.45) is 0 Å². The molecule has 0 amide bonds. The minimum Gasteiger partial charge on any atom is -0.493 e. The number of anilines is 1. The summed E-state index contributed by atoms with van der Waals surface area (Å²) in [6.07, 6.45) is 3.40. The van der Waals surface area contributed by atoms with Gasteiger partial charge >= 0.3 is 0 Å². The normalized spacial score (nSPS) is 13.8. The Morgan fingerprint density at radius 1 is 1.09 bits per heavy atom. The second-order valence-corrected chi connectivity index (χ2v) is 9.75.